The van der Waals surface area contributed by atoms with Gasteiger partial charge in [0.25, 0.3) is 0 Å². The quantitative estimate of drug-likeness (QED) is 0.783. The Labute approximate surface area is 103 Å². The van der Waals surface area contributed by atoms with E-state index in [0.29, 0.717) is 0 Å². The zero-order valence-corrected chi connectivity index (χ0v) is 10.4. The van der Waals surface area contributed by atoms with E-state index in [2.05, 4.69) is 27.3 Å². The van der Waals surface area contributed by atoms with E-state index in [-0.39, 0.29) is 0 Å². The van der Waals surface area contributed by atoms with Crippen molar-refractivity contribution < 1.29 is 0 Å². The molecule has 1 aliphatic heterocycles. The summed E-state index contributed by atoms with van der Waals surface area (Å²) in [5, 5.41) is 0. The van der Waals surface area contributed by atoms with Gasteiger partial charge in [-0.25, -0.2) is 9.97 Å². The standard InChI is InChI=1S/C14H21N3/c1-4-8-17(9-5-1)14-15-10-13(11-16-14)12-6-2-3-7-12/h10-12H,1-9H2. The highest BCUT2D eigenvalue weighted by Crippen LogP contribution is 2.33. The molecule has 1 saturated carbocycles. The fourth-order valence-corrected chi connectivity index (χ4v) is 3.06. The maximum absolute atomic E-state index is 4.56. The van der Waals surface area contributed by atoms with Crippen LogP contribution in [-0.2, 0) is 0 Å². The molecule has 3 nitrogen and oxygen atoms in total. The summed E-state index contributed by atoms with van der Waals surface area (Å²) in [4.78, 5) is 11.4. The molecule has 2 heterocycles. The van der Waals surface area contributed by atoms with E-state index in [1.807, 2.05) is 0 Å². The first-order valence-corrected chi connectivity index (χ1v) is 7.00. The Morgan fingerprint density at radius 1 is 0.882 bits per heavy atom. The topological polar surface area (TPSA) is 29.0 Å². The van der Waals surface area contributed by atoms with Crippen molar-refractivity contribution >= 4 is 5.95 Å². The van der Waals surface area contributed by atoms with Gasteiger partial charge in [0.2, 0.25) is 5.95 Å². The molecule has 0 aromatic carbocycles. The van der Waals surface area contributed by atoms with Crippen molar-refractivity contribution in [3.05, 3.63) is 18.0 Å². The highest BCUT2D eigenvalue weighted by molar-refractivity contribution is 5.31. The van der Waals surface area contributed by atoms with Crippen molar-refractivity contribution in [2.24, 2.45) is 0 Å². The molecule has 0 radical (unpaired) electrons. The minimum Gasteiger partial charge on any atom is -0.341 e. The average Bonchev–Trinajstić information content (AvgIpc) is 2.94. The monoisotopic (exact) mass is 231 g/mol. The predicted octanol–water partition coefficient (Wildman–Crippen LogP) is 3.12. The first-order valence-electron chi connectivity index (χ1n) is 7.00. The van der Waals surface area contributed by atoms with Gasteiger partial charge in [0.05, 0.1) is 0 Å². The fourth-order valence-electron chi connectivity index (χ4n) is 3.06. The maximum atomic E-state index is 4.56. The summed E-state index contributed by atoms with van der Waals surface area (Å²) in [6.07, 6.45) is 13.5. The molecule has 17 heavy (non-hydrogen) atoms. The molecule has 1 aliphatic carbocycles. The van der Waals surface area contributed by atoms with Crippen LogP contribution in [0.5, 0.6) is 0 Å². The van der Waals surface area contributed by atoms with Gasteiger partial charge in [-0.2, -0.15) is 0 Å². The third-order valence-corrected chi connectivity index (χ3v) is 4.12. The van der Waals surface area contributed by atoms with Gasteiger partial charge in [-0.15, -0.1) is 0 Å². The van der Waals surface area contributed by atoms with Gasteiger partial charge in [-0.3, -0.25) is 0 Å². The number of piperidine rings is 1. The molecule has 3 rings (SSSR count). The van der Waals surface area contributed by atoms with Gasteiger partial charge < -0.3 is 4.90 Å². The normalized spacial score (nSPS) is 22.0. The molecule has 2 aliphatic rings. The lowest BCUT2D eigenvalue weighted by molar-refractivity contribution is 0.567. The summed E-state index contributed by atoms with van der Waals surface area (Å²) in [6.45, 7) is 2.26. The molecule has 0 bridgehead atoms. The number of anilines is 1. The summed E-state index contributed by atoms with van der Waals surface area (Å²) >= 11 is 0. The molecular weight excluding hydrogens is 210 g/mol. The Morgan fingerprint density at radius 2 is 1.53 bits per heavy atom. The van der Waals surface area contributed by atoms with Crippen molar-refractivity contribution in [1.29, 1.82) is 0 Å². The molecule has 1 aromatic rings. The van der Waals surface area contributed by atoms with Crippen LogP contribution in [0.15, 0.2) is 12.4 Å². The first kappa shape index (κ1) is 11.0. The molecule has 1 aromatic heterocycles. The lowest BCUT2D eigenvalue weighted by atomic mass is 10.0. The van der Waals surface area contributed by atoms with Crippen LogP contribution in [0.4, 0.5) is 5.95 Å². The number of hydrogen-bond donors (Lipinski definition) is 0. The van der Waals surface area contributed by atoms with E-state index in [4.69, 9.17) is 0 Å². The molecule has 1 saturated heterocycles. The summed E-state index contributed by atoms with van der Waals surface area (Å²) in [6, 6.07) is 0. The smallest absolute Gasteiger partial charge is 0.225 e. The molecule has 0 atom stereocenters. The van der Waals surface area contributed by atoms with Crippen LogP contribution in [0.1, 0.15) is 56.4 Å². The average molecular weight is 231 g/mol. The minimum absolute atomic E-state index is 0.727. The van der Waals surface area contributed by atoms with Crippen LogP contribution in [0, 0.1) is 0 Å². The van der Waals surface area contributed by atoms with E-state index < -0.39 is 0 Å². The third kappa shape index (κ3) is 2.43. The number of aromatic nitrogens is 2. The van der Waals surface area contributed by atoms with Crippen LogP contribution < -0.4 is 4.90 Å². The summed E-state index contributed by atoms with van der Waals surface area (Å²) < 4.78 is 0. The highest BCUT2D eigenvalue weighted by atomic mass is 15.2. The summed E-state index contributed by atoms with van der Waals surface area (Å²) in [7, 11) is 0. The maximum Gasteiger partial charge on any atom is 0.225 e. The van der Waals surface area contributed by atoms with Crippen molar-refractivity contribution in [2.75, 3.05) is 18.0 Å². The van der Waals surface area contributed by atoms with Crippen LogP contribution in [-0.4, -0.2) is 23.1 Å². The van der Waals surface area contributed by atoms with Gasteiger partial charge in [-0.05, 0) is 43.6 Å². The van der Waals surface area contributed by atoms with Gasteiger partial charge in [0, 0.05) is 25.5 Å². The summed E-state index contributed by atoms with van der Waals surface area (Å²) in [5.74, 6) is 1.66. The zero-order chi connectivity index (χ0) is 11.5. The van der Waals surface area contributed by atoms with Crippen molar-refractivity contribution in [2.45, 2.75) is 50.9 Å². The largest absolute Gasteiger partial charge is 0.341 e. The van der Waals surface area contributed by atoms with E-state index in [1.54, 1.807) is 0 Å². The van der Waals surface area contributed by atoms with E-state index >= 15 is 0 Å². The Kier molecular flexibility index (Phi) is 3.25. The number of rotatable bonds is 2. The van der Waals surface area contributed by atoms with E-state index in [9.17, 15) is 0 Å². The van der Waals surface area contributed by atoms with Crippen LogP contribution in [0.3, 0.4) is 0 Å². The number of nitrogens with zero attached hydrogens (tertiary/aromatic N) is 3. The Morgan fingerprint density at radius 3 is 2.18 bits per heavy atom. The third-order valence-electron chi connectivity index (χ3n) is 4.12. The second-order valence-electron chi connectivity index (χ2n) is 5.35. The molecule has 0 amide bonds. The Balaban J connectivity index is 1.70. The lowest BCUT2D eigenvalue weighted by Gasteiger charge is -2.26. The summed E-state index contributed by atoms with van der Waals surface area (Å²) in [5.41, 5.74) is 1.35. The van der Waals surface area contributed by atoms with E-state index in [0.717, 1.165) is 25.0 Å². The highest BCUT2D eigenvalue weighted by Gasteiger charge is 2.19. The molecule has 92 valence electrons. The van der Waals surface area contributed by atoms with Crippen LogP contribution in [0.25, 0.3) is 0 Å². The molecule has 3 heteroatoms. The van der Waals surface area contributed by atoms with Crippen molar-refractivity contribution in [1.82, 2.24) is 9.97 Å². The second-order valence-corrected chi connectivity index (χ2v) is 5.35. The van der Waals surface area contributed by atoms with Crippen molar-refractivity contribution in [3.8, 4) is 0 Å². The fraction of sp³-hybridized carbons (Fsp3) is 0.714. The van der Waals surface area contributed by atoms with Gasteiger partial charge >= 0.3 is 0 Å². The van der Waals surface area contributed by atoms with Gasteiger partial charge in [0.1, 0.15) is 0 Å². The molecule has 2 fully saturated rings. The second kappa shape index (κ2) is 5.03. The first-order chi connectivity index (χ1) is 8.43. The van der Waals surface area contributed by atoms with E-state index in [1.165, 1.54) is 50.5 Å². The van der Waals surface area contributed by atoms with Gasteiger partial charge in [0.15, 0.2) is 0 Å². The zero-order valence-electron chi connectivity index (χ0n) is 10.4. The van der Waals surface area contributed by atoms with Crippen LogP contribution >= 0.6 is 0 Å². The molecule has 0 unspecified atom stereocenters. The SMILES string of the molecule is c1nc(N2CCCCC2)ncc1C1CCCC1. The van der Waals surface area contributed by atoms with Crippen LogP contribution in [0.2, 0.25) is 0 Å². The molecule has 0 spiro atoms. The Bertz CT molecular complexity index is 348. The minimum atomic E-state index is 0.727. The Hall–Kier alpha value is -1.12. The lowest BCUT2D eigenvalue weighted by Crippen LogP contribution is -2.30. The van der Waals surface area contributed by atoms with Gasteiger partial charge in [-0.1, -0.05) is 12.8 Å². The predicted molar refractivity (Wildman–Crippen MR) is 69.3 cm³/mol. The molecular formula is C14H21N3. The molecule has 0 N–H and O–H groups in total. The number of hydrogen-bond acceptors (Lipinski definition) is 3. The van der Waals surface area contributed by atoms with Crippen molar-refractivity contribution in [3.63, 3.8) is 0 Å².